The van der Waals surface area contributed by atoms with Gasteiger partial charge in [0.15, 0.2) is 0 Å². The number of aromatic nitrogens is 2. The van der Waals surface area contributed by atoms with Crippen molar-refractivity contribution in [3.63, 3.8) is 0 Å². The Morgan fingerprint density at radius 1 is 1.15 bits per heavy atom. The van der Waals surface area contributed by atoms with Crippen molar-refractivity contribution < 1.29 is 9.32 Å². The molecule has 2 atom stereocenters. The number of benzene rings is 1. The third-order valence-electron chi connectivity index (χ3n) is 5.91. The Bertz CT molecular complexity index is 766. The number of hydrogen-bond acceptors (Lipinski definition) is 6. The highest BCUT2D eigenvalue weighted by Gasteiger charge is 2.34. The third-order valence-corrected chi connectivity index (χ3v) is 5.91. The summed E-state index contributed by atoms with van der Waals surface area (Å²) in [7, 11) is 0. The first kappa shape index (κ1) is 18.1. The second-order valence-corrected chi connectivity index (χ2v) is 7.57. The number of carbonyl (C=O) groups is 1. The van der Waals surface area contributed by atoms with Crippen molar-refractivity contribution in [1.29, 1.82) is 0 Å². The van der Waals surface area contributed by atoms with Crippen molar-refractivity contribution in [3.8, 4) is 11.4 Å². The Kier molecular flexibility index (Phi) is 5.22. The van der Waals surface area contributed by atoms with Gasteiger partial charge in [-0.15, -0.1) is 0 Å². The summed E-state index contributed by atoms with van der Waals surface area (Å²) in [6.45, 7) is 9.24. The Balaban J connectivity index is 1.34. The summed E-state index contributed by atoms with van der Waals surface area (Å²) in [5.41, 5.74) is 0.953. The molecule has 2 saturated heterocycles. The van der Waals surface area contributed by atoms with Crippen LogP contribution in [-0.2, 0) is 4.79 Å². The Morgan fingerprint density at radius 2 is 1.85 bits per heavy atom. The van der Waals surface area contributed by atoms with Crippen molar-refractivity contribution >= 4 is 5.91 Å². The maximum atomic E-state index is 12.7. The van der Waals surface area contributed by atoms with Gasteiger partial charge in [0.25, 0.3) is 0 Å². The topological polar surface area (TPSA) is 74.5 Å². The number of nitrogens with zero attached hydrogens (tertiary/aromatic N) is 4. The number of amides is 1. The standard InChI is InChI=1S/C20H27N5O2/c1-14(17-12-21-13-17)20(26)25-10-8-24(9-11-25)15(2)19-22-18(23-27-19)16-6-4-3-5-7-16/h3-7,14-15,17,21H,8-13H2,1-2H3. The molecule has 2 aliphatic rings. The van der Waals surface area contributed by atoms with Crippen LogP contribution in [0.25, 0.3) is 11.4 Å². The molecule has 7 heteroatoms. The molecular formula is C20H27N5O2. The molecule has 1 N–H and O–H groups in total. The quantitative estimate of drug-likeness (QED) is 0.866. The zero-order valence-electron chi connectivity index (χ0n) is 16.0. The highest BCUT2D eigenvalue weighted by atomic mass is 16.5. The minimum absolute atomic E-state index is 0.0421. The van der Waals surface area contributed by atoms with Gasteiger partial charge in [-0.2, -0.15) is 4.98 Å². The van der Waals surface area contributed by atoms with Crippen LogP contribution in [0.15, 0.2) is 34.9 Å². The van der Waals surface area contributed by atoms with E-state index in [1.165, 1.54) is 0 Å². The van der Waals surface area contributed by atoms with E-state index in [0.29, 0.717) is 17.6 Å². The number of nitrogens with one attached hydrogen (secondary N) is 1. The molecule has 1 amide bonds. The van der Waals surface area contributed by atoms with Gasteiger partial charge in [-0.1, -0.05) is 42.4 Å². The van der Waals surface area contributed by atoms with Gasteiger partial charge in [0.2, 0.25) is 17.6 Å². The average molecular weight is 369 g/mol. The fourth-order valence-electron chi connectivity index (χ4n) is 3.75. The molecule has 7 nitrogen and oxygen atoms in total. The van der Waals surface area contributed by atoms with Crippen molar-refractivity contribution in [2.75, 3.05) is 39.3 Å². The van der Waals surface area contributed by atoms with Gasteiger partial charge >= 0.3 is 0 Å². The van der Waals surface area contributed by atoms with E-state index in [2.05, 4.69) is 34.2 Å². The van der Waals surface area contributed by atoms with Crippen LogP contribution < -0.4 is 5.32 Å². The fraction of sp³-hybridized carbons (Fsp3) is 0.550. The van der Waals surface area contributed by atoms with Gasteiger partial charge < -0.3 is 14.7 Å². The first-order valence-corrected chi connectivity index (χ1v) is 9.76. The van der Waals surface area contributed by atoms with Gasteiger partial charge in [-0.3, -0.25) is 9.69 Å². The summed E-state index contributed by atoms with van der Waals surface area (Å²) in [5.74, 6) is 2.14. The molecule has 2 aromatic rings. The average Bonchev–Trinajstić information content (AvgIpc) is 3.16. The van der Waals surface area contributed by atoms with Gasteiger partial charge in [0.05, 0.1) is 6.04 Å². The molecule has 1 aromatic carbocycles. The smallest absolute Gasteiger partial charge is 0.244 e. The van der Waals surface area contributed by atoms with E-state index in [9.17, 15) is 4.79 Å². The summed E-state index contributed by atoms with van der Waals surface area (Å²) < 4.78 is 5.51. The van der Waals surface area contributed by atoms with E-state index in [1.54, 1.807) is 0 Å². The van der Waals surface area contributed by atoms with Crippen LogP contribution in [0.5, 0.6) is 0 Å². The molecule has 2 unspecified atom stereocenters. The van der Waals surface area contributed by atoms with Crippen LogP contribution in [0, 0.1) is 11.8 Å². The summed E-state index contributed by atoms with van der Waals surface area (Å²) in [6.07, 6.45) is 0. The van der Waals surface area contributed by atoms with Crippen molar-refractivity contribution in [2.24, 2.45) is 11.8 Å². The SMILES string of the molecule is CC(C(=O)N1CCN(C(C)c2nc(-c3ccccc3)no2)CC1)C1CNC1. The molecular weight excluding hydrogens is 342 g/mol. The van der Waals surface area contributed by atoms with Gasteiger partial charge in [-0.05, 0) is 25.9 Å². The summed E-state index contributed by atoms with van der Waals surface area (Å²) in [5, 5.41) is 7.37. The normalized spacial score (nSPS) is 20.9. The lowest BCUT2D eigenvalue weighted by atomic mass is 9.88. The van der Waals surface area contributed by atoms with Gasteiger partial charge in [-0.25, -0.2) is 0 Å². The van der Waals surface area contributed by atoms with Crippen LogP contribution in [0.4, 0.5) is 0 Å². The molecule has 27 heavy (non-hydrogen) atoms. The van der Waals surface area contributed by atoms with E-state index >= 15 is 0 Å². The Hall–Kier alpha value is -2.25. The van der Waals surface area contributed by atoms with E-state index < -0.39 is 0 Å². The van der Waals surface area contributed by atoms with Crippen LogP contribution in [0.3, 0.4) is 0 Å². The molecule has 4 rings (SSSR count). The molecule has 1 aromatic heterocycles. The van der Waals surface area contributed by atoms with Gasteiger partial charge in [0.1, 0.15) is 0 Å². The minimum atomic E-state index is 0.0421. The second kappa shape index (κ2) is 7.78. The predicted molar refractivity (Wildman–Crippen MR) is 102 cm³/mol. The van der Waals surface area contributed by atoms with E-state index in [0.717, 1.165) is 44.8 Å². The molecule has 2 fully saturated rings. The van der Waals surface area contributed by atoms with E-state index in [1.807, 2.05) is 35.2 Å². The maximum absolute atomic E-state index is 12.7. The molecule has 144 valence electrons. The largest absolute Gasteiger partial charge is 0.340 e. The van der Waals surface area contributed by atoms with Crippen LogP contribution in [-0.4, -0.2) is 65.1 Å². The first-order valence-electron chi connectivity index (χ1n) is 9.76. The number of carbonyl (C=O) groups excluding carboxylic acids is 1. The molecule has 0 spiro atoms. The summed E-state index contributed by atoms with van der Waals surface area (Å²) in [6, 6.07) is 9.89. The number of rotatable bonds is 5. The predicted octanol–water partition coefficient (Wildman–Crippen LogP) is 1.80. The zero-order valence-corrected chi connectivity index (χ0v) is 16.0. The van der Waals surface area contributed by atoms with Crippen LogP contribution in [0.1, 0.15) is 25.8 Å². The molecule has 3 heterocycles. The van der Waals surface area contributed by atoms with Crippen LogP contribution >= 0.6 is 0 Å². The minimum Gasteiger partial charge on any atom is -0.340 e. The lowest BCUT2D eigenvalue weighted by Gasteiger charge is -2.40. The fourth-order valence-corrected chi connectivity index (χ4v) is 3.75. The molecule has 0 aliphatic carbocycles. The molecule has 2 aliphatic heterocycles. The van der Waals surface area contributed by atoms with E-state index in [-0.39, 0.29) is 17.9 Å². The lowest BCUT2D eigenvalue weighted by Crippen LogP contribution is -2.54. The van der Waals surface area contributed by atoms with Crippen LogP contribution in [0.2, 0.25) is 0 Å². The van der Waals surface area contributed by atoms with Crippen molar-refractivity contribution in [1.82, 2.24) is 25.3 Å². The van der Waals surface area contributed by atoms with E-state index in [4.69, 9.17) is 4.52 Å². The number of piperazine rings is 1. The zero-order chi connectivity index (χ0) is 18.8. The monoisotopic (exact) mass is 369 g/mol. The van der Waals surface area contributed by atoms with Crippen molar-refractivity contribution in [2.45, 2.75) is 19.9 Å². The Labute approximate surface area is 159 Å². The molecule has 0 bridgehead atoms. The highest BCUT2D eigenvalue weighted by molar-refractivity contribution is 5.79. The molecule has 0 radical (unpaired) electrons. The van der Waals surface area contributed by atoms with Crippen molar-refractivity contribution in [3.05, 3.63) is 36.2 Å². The van der Waals surface area contributed by atoms with Gasteiger partial charge in [0, 0.05) is 37.7 Å². The summed E-state index contributed by atoms with van der Waals surface area (Å²) in [4.78, 5) is 21.6. The lowest BCUT2D eigenvalue weighted by molar-refractivity contribution is -0.139. The number of hydrogen-bond donors (Lipinski definition) is 1. The first-order chi connectivity index (χ1) is 13.1. The second-order valence-electron chi connectivity index (χ2n) is 7.57. The maximum Gasteiger partial charge on any atom is 0.244 e. The Morgan fingerprint density at radius 3 is 2.48 bits per heavy atom. The highest BCUT2D eigenvalue weighted by Crippen LogP contribution is 2.25. The third kappa shape index (κ3) is 3.75. The molecule has 0 saturated carbocycles. The summed E-state index contributed by atoms with van der Waals surface area (Å²) >= 11 is 0.